The Hall–Kier alpha value is -1.15. The van der Waals surface area contributed by atoms with Crippen molar-refractivity contribution in [3.63, 3.8) is 0 Å². The van der Waals surface area contributed by atoms with Crippen LogP contribution in [0.15, 0.2) is 18.7 Å². The van der Waals surface area contributed by atoms with Crippen molar-refractivity contribution in [3.05, 3.63) is 34.0 Å². The van der Waals surface area contributed by atoms with Gasteiger partial charge >= 0.3 is 0 Å². The summed E-state index contributed by atoms with van der Waals surface area (Å²) in [5, 5.41) is 0. The van der Waals surface area contributed by atoms with Crippen LogP contribution in [0, 0.1) is 0 Å². The maximum Gasteiger partial charge on any atom is 0.160 e. The van der Waals surface area contributed by atoms with Crippen molar-refractivity contribution >= 4 is 29.8 Å². The quantitative estimate of drug-likeness (QED) is 0.649. The molecule has 1 rings (SSSR count). The molecule has 0 atom stereocenters. The highest BCUT2D eigenvalue weighted by Gasteiger charge is 2.01. The van der Waals surface area contributed by atoms with Crippen LogP contribution in [-0.4, -0.2) is 6.29 Å². The zero-order chi connectivity index (χ0) is 8.97. The molecule has 0 fully saturated rings. The lowest BCUT2D eigenvalue weighted by Gasteiger charge is -1.86. The van der Waals surface area contributed by atoms with Gasteiger partial charge in [0.05, 0.1) is 4.88 Å². The van der Waals surface area contributed by atoms with Gasteiger partial charge in [-0.05, 0) is 18.6 Å². The predicted octanol–water partition coefficient (Wildman–Crippen LogP) is 3.24. The summed E-state index contributed by atoms with van der Waals surface area (Å²) in [4.78, 5) is 12.2. The molecule has 2 heteroatoms. The van der Waals surface area contributed by atoms with Crippen LogP contribution in [0.1, 0.15) is 27.0 Å². The van der Waals surface area contributed by atoms with E-state index in [1.54, 1.807) is 6.08 Å². The van der Waals surface area contributed by atoms with Crippen molar-refractivity contribution < 1.29 is 4.79 Å². The van der Waals surface area contributed by atoms with Crippen LogP contribution in [-0.2, 0) is 0 Å². The standard InChI is InChI=1S/C10H10OS/c1-3-5-8-6-9(7-11)12-10(8)4-2/h3-7H,2H2,1H3/b5-3-. The molecular weight excluding hydrogens is 168 g/mol. The van der Waals surface area contributed by atoms with E-state index in [9.17, 15) is 4.79 Å². The fourth-order valence-electron chi connectivity index (χ4n) is 0.967. The van der Waals surface area contributed by atoms with Crippen LogP contribution < -0.4 is 0 Å². The van der Waals surface area contributed by atoms with Crippen molar-refractivity contribution in [2.75, 3.05) is 0 Å². The van der Waals surface area contributed by atoms with Gasteiger partial charge < -0.3 is 0 Å². The number of allylic oxidation sites excluding steroid dienone is 1. The van der Waals surface area contributed by atoms with Crippen LogP contribution in [0.3, 0.4) is 0 Å². The van der Waals surface area contributed by atoms with Crippen LogP contribution in [0.4, 0.5) is 0 Å². The SMILES string of the molecule is C=Cc1sc(C=O)cc1/C=C\C. The summed E-state index contributed by atoms with van der Waals surface area (Å²) in [5.74, 6) is 0. The minimum Gasteiger partial charge on any atom is -0.297 e. The molecule has 0 aliphatic heterocycles. The van der Waals surface area contributed by atoms with Gasteiger partial charge in [-0.25, -0.2) is 0 Å². The predicted molar refractivity (Wildman–Crippen MR) is 54.5 cm³/mol. The maximum absolute atomic E-state index is 10.4. The summed E-state index contributed by atoms with van der Waals surface area (Å²) >= 11 is 1.46. The first-order chi connectivity index (χ1) is 5.81. The van der Waals surface area contributed by atoms with E-state index in [1.165, 1.54) is 11.3 Å². The molecule has 0 aliphatic carbocycles. The lowest BCUT2D eigenvalue weighted by atomic mass is 10.2. The van der Waals surface area contributed by atoms with Crippen LogP contribution in [0.2, 0.25) is 0 Å². The molecule has 0 saturated heterocycles. The second-order valence-corrected chi connectivity index (χ2v) is 3.41. The molecule has 0 saturated carbocycles. The number of rotatable bonds is 3. The maximum atomic E-state index is 10.4. The topological polar surface area (TPSA) is 17.1 Å². The highest BCUT2D eigenvalue weighted by molar-refractivity contribution is 7.14. The number of carbonyl (C=O) groups excluding carboxylic acids is 1. The Bertz CT molecular complexity index is 321. The highest BCUT2D eigenvalue weighted by Crippen LogP contribution is 2.23. The van der Waals surface area contributed by atoms with Gasteiger partial charge in [-0.1, -0.05) is 24.8 Å². The molecule has 0 amide bonds. The van der Waals surface area contributed by atoms with Crippen molar-refractivity contribution in [1.29, 1.82) is 0 Å². The van der Waals surface area contributed by atoms with Crippen LogP contribution >= 0.6 is 11.3 Å². The molecule has 0 unspecified atom stereocenters. The van der Waals surface area contributed by atoms with E-state index in [4.69, 9.17) is 0 Å². The third-order valence-corrected chi connectivity index (χ3v) is 2.53. The van der Waals surface area contributed by atoms with Gasteiger partial charge in [0, 0.05) is 4.88 Å². The van der Waals surface area contributed by atoms with E-state index in [0.717, 1.165) is 21.6 Å². The molecule has 12 heavy (non-hydrogen) atoms. The minimum absolute atomic E-state index is 0.748. The fourth-order valence-corrected chi connectivity index (χ4v) is 1.78. The lowest BCUT2D eigenvalue weighted by Crippen LogP contribution is -1.67. The molecule has 0 aliphatic rings. The Morgan fingerprint density at radius 1 is 1.58 bits per heavy atom. The molecule has 1 heterocycles. The molecule has 0 bridgehead atoms. The third kappa shape index (κ3) is 1.71. The molecule has 0 radical (unpaired) electrons. The summed E-state index contributed by atoms with van der Waals surface area (Å²) in [6.45, 7) is 5.63. The first kappa shape index (κ1) is 8.94. The first-order valence-electron chi connectivity index (χ1n) is 3.66. The van der Waals surface area contributed by atoms with E-state index < -0.39 is 0 Å². The average molecular weight is 178 g/mol. The van der Waals surface area contributed by atoms with E-state index in [0.29, 0.717) is 0 Å². The Morgan fingerprint density at radius 3 is 2.83 bits per heavy atom. The monoisotopic (exact) mass is 178 g/mol. The van der Waals surface area contributed by atoms with E-state index in [2.05, 4.69) is 6.58 Å². The van der Waals surface area contributed by atoms with Gasteiger partial charge in [-0.15, -0.1) is 11.3 Å². The zero-order valence-electron chi connectivity index (χ0n) is 6.91. The Morgan fingerprint density at radius 2 is 2.33 bits per heavy atom. The zero-order valence-corrected chi connectivity index (χ0v) is 7.73. The molecule has 1 aromatic rings. The van der Waals surface area contributed by atoms with E-state index in [1.807, 2.05) is 25.1 Å². The molecule has 1 aromatic heterocycles. The molecule has 0 aromatic carbocycles. The number of hydrogen-bond donors (Lipinski definition) is 0. The second-order valence-electron chi connectivity index (χ2n) is 2.29. The lowest BCUT2D eigenvalue weighted by molar-refractivity contribution is 0.112. The average Bonchev–Trinajstić information content (AvgIpc) is 2.48. The second kappa shape index (κ2) is 4.02. The van der Waals surface area contributed by atoms with Crippen molar-refractivity contribution in [1.82, 2.24) is 0 Å². The summed E-state index contributed by atoms with van der Waals surface area (Å²) in [5.41, 5.74) is 1.07. The Kier molecular flexibility index (Phi) is 3.00. The summed E-state index contributed by atoms with van der Waals surface area (Å²) in [6, 6.07) is 1.87. The fraction of sp³-hybridized carbons (Fsp3) is 0.100. The molecule has 0 N–H and O–H groups in total. The molecular formula is C10H10OS. The van der Waals surface area contributed by atoms with Gasteiger partial charge in [0.15, 0.2) is 6.29 Å². The summed E-state index contributed by atoms with van der Waals surface area (Å²) < 4.78 is 0. The Balaban J connectivity index is 3.15. The normalized spacial score (nSPS) is 10.4. The van der Waals surface area contributed by atoms with Gasteiger partial charge in [0.25, 0.3) is 0 Å². The molecule has 0 spiro atoms. The minimum atomic E-state index is 0.748. The number of carbonyl (C=O) groups is 1. The van der Waals surface area contributed by atoms with Crippen LogP contribution in [0.25, 0.3) is 12.2 Å². The highest BCUT2D eigenvalue weighted by atomic mass is 32.1. The van der Waals surface area contributed by atoms with Gasteiger partial charge in [-0.2, -0.15) is 0 Å². The van der Waals surface area contributed by atoms with Gasteiger partial charge in [-0.3, -0.25) is 4.79 Å². The van der Waals surface area contributed by atoms with E-state index >= 15 is 0 Å². The molecule has 1 nitrogen and oxygen atoms in total. The van der Waals surface area contributed by atoms with Crippen molar-refractivity contribution in [2.45, 2.75) is 6.92 Å². The first-order valence-corrected chi connectivity index (χ1v) is 4.47. The van der Waals surface area contributed by atoms with Gasteiger partial charge in [0.2, 0.25) is 0 Å². The molecule has 62 valence electrons. The van der Waals surface area contributed by atoms with E-state index in [-0.39, 0.29) is 0 Å². The third-order valence-electron chi connectivity index (χ3n) is 1.46. The summed E-state index contributed by atoms with van der Waals surface area (Å²) in [7, 11) is 0. The van der Waals surface area contributed by atoms with Crippen molar-refractivity contribution in [2.24, 2.45) is 0 Å². The number of hydrogen-bond acceptors (Lipinski definition) is 2. The Labute approximate surface area is 76.0 Å². The number of aldehydes is 1. The smallest absolute Gasteiger partial charge is 0.160 e. The number of thiophene rings is 1. The largest absolute Gasteiger partial charge is 0.297 e. The summed E-state index contributed by atoms with van der Waals surface area (Å²) in [6.07, 6.45) is 6.56. The van der Waals surface area contributed by atoms with Crippen LogP contribution in [0.5, 0.6) is 0 Å². The van der Waals surface area contributed by atoms with Crippen molar-refractivity contribution in [3.8, 4) is 0 Å². The van der Waals surface area contributed by atoms with Gasteiger partial charge in [0.1, 0.15) is 0 Å².